The molecule has 2 heterocycles. The van der Waals surface area contributed by atoms with Gasteiger partial charge in [0, 0.05) is 41.5 Å². The highest BCUT2D eigenvalue weighted by atomic mass is 35.5. The third-order valence-electron chi connectivity index (χ3n) is 2.96. The van der Waals surface area contributed by atoms with Crippen LogP contribution in [-0.2, 0) is 6.42 Å². The van der Waals surface area contributed by atoms with Gasteiger partial charge >= 0.3 is 0 Å². The maximum atomic E-state index is 6.13. The van der Waals surface area contributed by atoms with E-state index in [-0.39, 0.29) is 6.10 Å². The SMILES string of the molecule is NC[C@H]1Cc2cc(Cl)cc(-c3cnccn3)c2O1. The molecule has 0 unspecified atom stereocenters. The second kappa shape index (κ2) is 4.55. The molecule has 0 spiro atoms. The Morgan fingerprint density at radius 2 is 2.28 bits per heavy atom. The molecule has 1 atom stereocenters. The first-order valence-corrected chi connectivity index (χ1v) is 6.11. The highest BCUT2D eigenvalue weighted by molar-refractivity contribution is 6.31. The van der Waals surface area contributed by atoms with Crippen LogP contribution in [0.25, 0.3) is 11.3 Å². The van der Waals surface area contributed by atoms with E-state index in [2.05, 4.69) is 9.97 Å². The zero-order valence-electron chi connectivity index (χ0n) is 9.64. The smallest absolute Gasteiger partial charge is 0.132 e. The summed E-state index contributed by atoms with van der Waals surface area (Å²) in [5.41, 5.74) is 8.37. The summed E-state index contributed by atoms with van der Waals surface area (Å²) < 4.78 is 5.85. The molecule has 0 saturated heterocycles. The van der Waals surface area contributed by atoms with Crippen LogP contribution in [0.15, 0.2) is 30.7 Å². The number of nitrogens with two attached hydrogens (primary N) is 1. The number of ether oxygens (including phenoxy) is 1. The van der Waals surface area contributed by atoms with Crippen molar-refractivity contribution in [1.29, 1.82) is 0 Å². The van der Waals surface area contributed by atoms with Gasteiger partial charge in [-0.25, -0.2) is 0 Å². The zero-order chi connectivity index (χ0) is 12.5. The fraction of sp³-hybridized carbons (Fsp3) is 0.231. The molecule has 0 radical (unpaired) electrons. The van der Waals surface area contributed by atoms with Crippen molar-refractivity contribution in [2.24, 2.45) is 5.73 Å². The van der Waals surface area contributed by atoms with E-state index in [1.807, 2.05) is 12.1 Å². The Morgan fingerprint density at radius 1 is 1.39 bits per heavy atom. The highest BCUT2D eigenvalue weighted by Crippen LogP contribution is 2.39. The van der Waals surface area contributed by atoms with Crippen molar-refractivity contribution >= 4 is 11.6 Å². The van der Waals surface area contributed by atoms with Crippen LogP contribution in [0.1, 0.15) is 5.56 Å². The fourth-order valence-electron chi connectivity index (χ4n) is 2.15. The molecule has 1 aromatic heterocycles. The van der Waals surface area contributed by atoms with Crippen molar-refractivity contribution in [1.82, 2.24) is 9.97 Å². The van der Waals surface area contributed by atoms with Crippen LogP contribution in [-0.4, -0.2) is 22.6 Å². The zero-order valence-corrected chi connectivity index (χ0v) is 10.4. The molecule has 2 N–H and O–H groups in total. The molecular formula is C13H12ClN3O. The second-order valence-corrected chi connectivity index (χ2v) is 4.65. The van der Waals surface area contributed by atoms with Gasteiger partial charge in [0.1, 0.15) is 11.9 Å². The lowest BCUT2D eigenvalue weighted by atomic mass is 10.0. The minimum atomic E-state index is 0.0221. The molecule has 0 aliphatic carbocycles. The molecule has 0 fully saturated rings. The van der Waals surface area contributed by atoms with Crippen LogP contribution in [0.2, 0.25) is 5.02 Å². The topological polar surface area (TPSA) is 61.0 Å². The summed E-state index contributed by atoms with van der Waals surface area (Å²) in [5, 5.41) is 0.677. The van der Waals surface area contributed by atoms with E-state index >= 15 is 0 Å². The molecule has 4 nitrogen and oxygen atoms in total. The monoisotopic (exact) mass is 261 g/mol. The summed E-state index contributed by atoms with van der Waals surface area (Å²) in [6.07, 6.45) is 5.80. The van der Waals surface area contributed by atoms with Crippen LogP contribution in [0.4, 0.5) is 0 Å². The average Bonchev–Trinajstić information content (AvgIpc) is 2.81. The van der Waals surface area contributed by atoms with Crippen LogP contribution < -0.4 is 10.5 Å². The number of rotatable bonds is 2. The normalized spacial score (nSPS) is 17.3. The van der Waals surface area contributed by atoms with Gasteiger partial charge in [-0.2, -0.15) is 0 Å². The Hall–Kier alpha value is -1.65. The number of hydrogen-bond donors (Lipinski definition) is 1. The van der Waals surface area contributed by atoms with Gasteiger partial charge in [-0.05, 0) is 12.1 Å². The lowest BCUT2D eigenvalue weighted by molar-refractivity contribution is 0.242. The highest BCUT2D eigenvalue weighted by Gasteiger charge is 2.26. The van der Waals surface area contributed by atoms with E-state index in [0.29, 0.717) is 11.6 Å². The number of benzene rings is 1. The van der Waals surface area contributed by atoms with Gasteiger partial charge in [0.05, 0.1) is 11.9 Å². The van der Waals surface area contributed by atoms with Gasteiger partial charge in [-0.1, -0.05) is 11.6 Å². The van der Waals surface area contributed by atoms with Gasteiger partial charge in [0.2, 0.25) is 0 Å². The summed E-state index contributed by atoms with van der Waals surface area (Å²) >= 11 is 6.13. The average molecular weight is 262 g/mol. The Kier molecular flexibility index (Phi) is 2.89. The first kappa shape index (κ1) is 11.4. The number of aromatic nitrogens is 2. The summed E-state index contributed by atoms with van der Waals surface area (Å²) in [6, 6.07) is 3.77. The molecule has 3 rings (SSSR count). The first-order chi connectivity index (χ1) is 8.78. The van der Waals surface area contributed by atoms with Gasteiger partial charge in [0.25, 0.3) is 0 Å². The minimum absolute atomic E-state index is 0.0221. The maximum Gasteiger partial charge on any atom is 0.132 e. The second-order valence-electron chi connectivity index (χ2n) is 4.21. The lowest BCUT2D eigenvalue weighted by Gasteiger charge is -2.10. The van der Waals surface area contributed by atoms with Gasteiger partial charge in [-0.3, -0.25) is 9.97 Å². The van der Waals surface area contributed by atoms with Crippen LogP contribution in [0.5, 0.6) is 5.75 Å². The lowest BCUT2D eigenvalue weighted by Crippen LogP contribution is -2.24. The predicted octanol–water partition coefficient (Wildman–Crippen LogP) is 2.06. The number of nitrogens with zero attached hydrogens (tertiary/aromatic N) is 2. The Labute approximate surface area is 110 Å². The van der Waals surface area contributed by atoms with Crippen molar-refractivity contribution in [2.75, 3.05) is 6.54 Å². The Balaban J connectivity index is 2.12. The largest absolute Gasteiger partial charge is 0.488 e. The third-order valence-corrected chi connectivity index (χ3v) is 3.18. The fourth-order valence-corrected chi connectivity index (χ4v) is 2.40. The molecular weight excluding hydrogens is 250 g/mol. The molecule has 2 aromatic rings. The molecule has 0 bridgehead atoms. The van der Waals surface area contributed by atoms with Crippen LogP contribution >= 0.6 is 11.6 Å². The van der Waals surface area contributed by atoms with E-state index in [0.717, 1.165) is 29.0 Å². The third kappa shape index (κ3) is 1.94. The Morgan fingerprint density at radius 3 is 3.00 bits per heavy atom. The molecule has 92 valence electrons. The molecule has 18 heavy (non-hydrogen) atoms. The van der Waals surface area contributed by atoms with E-state index in [1.165, 1.54) is 0 Å². The first-order valence-electron chi connectivity index (χ1n) is 5.73. The summed E-state index contributed by atoms with van der Waals surface area (Å²) in [7, 11) is 0. The van der Waals surface area contributed by atoms with Crippen molar-refractivity contribution in [3.63, 3.8) is 0 Å². The van der Waals surface area contributed by atoms with E-state index in [9.17, 15) is 0 Å². The van der Waals surface area contributed by atoms with Crippen molar-refractivity contribution in [3.05, 3.63) is 41.3 Å². The van der Waals surface area contributed by atoms with Gasteiger partial charge in [0.15, 0.2) is 0 Å². The molecule has 1 aliphatic rings. The maximum absolute atomic E-state index is 6.13. The van der Waals surface area contributed by atoms with Crippen molar-refractivity contribution in [2.45, 2.75) is 12.5 Å². The number of hydrogen-bond acceptors (Lipinski definition) is 4. The summed E-state index contributed by atoms with van der Waals surface area (Å²) in [4.78, 5) is 8.36. The Bertz CT molecular complexity index is 574. The minimum Gasteiger partial charge on any atom is -0.488 e. The van der Waals surface area contributed by atoms with Gasteiger partial charge < -0.3 is 10.5 Å². The molecule has 0 saturated carbocycles. The van der Waals surface area contributed by atoms with E-state index < -0.39 is 0 Å². The van der Waals surface area contributed by atoms with Crippen LogP contribution in [0, 0.1) is 0 Å². The summed E-state index contributed by atoms with van der Waals surface area (Å²) in [6.45, 7) is 0.492. The van der Waals surface area contributed by atoms with Crippen molar-refractivity contribution in [3.8, 4) is 17.0 Å². The standard InChI is InChI=1S/C13H12ClN3O/c14-9-3-8-4-10(6-15)18-13(8)11(5-9)12-7-16-1-2-17-12/h1-3,5,7,10H,4,6,15H2/t10-/m1/s1. The number of halogens is 1. The van der Waals surface area contributed by atoms with Gasteiger partial charge in [-0.15, -0.1) is 0 Å². The van der Waals surface area contributed by atoms with E-state index in [1.54, 1.807) is 18.6 Å². The number of fused-ring (bicyclic) bond motifs is 1. The van der Waals surface area contributed by atoms with Crippen LogP contribution in [0.3, 0.4) is 0 Å². The quantitative estimate of drug-likeness (QED) is 0.899. The predicted molar refractivity (Wildman–Crippen MR) is 69.7 cm³/mol. The van der Waals surface area contributed by atoms with Crippen molar-refractivity contribution < 1.29 is 4.74 Å². The molecule has 1 aromatic carbocycles. The summed E-state index contributed by atoms with van der Waals surface area (Å²) in [5.74, 6) is 0.829. The molecule has 5 heteroatoms. The molecule has 0 amide bonds. The van der Waals surface area contributed by atoms with E-state index in [4.69, 9.17) is 22.1 Å². The molecule has 1 aliphatic heterocycles.